The minimum absolute atomic E-state index is 0.0303. The molecule has 0 bridgehead atoms. The summed E-state index contributed by atoms with van der Waals surface area (Å²) in [6, 6.07) is 13.8. The minimum atomic E-state index is -0.210. The number of hydrogen-bond acceptors (Lipinski definition) is 5. The van der Waals surface area contributed by atoms with E-state index in [4.69, 9.17) is 10.5 Å². The molecule has 0 aliphatic heterocycles. The second kappa shape index (κ2) is 7.26. The van der Waals surface area contributed by atoms with Crippen molar-refractivity contribution in [1.82, 2.24) is 14.6 Å². The number of primary amides is 1. The summed E-state index contributed by atoms with van der Waals surface area (Å²) in [5, 5.41) is 7.75. The number of benzene rings is 1. The molecule has 3 N–H and O–H groups in total. The SMILES string of the molecule is Cc1ccc(Nc2nc3cccc(OC4CCC(C(N)=O)CC4)n3n2)cc1. The van der Waals surface area contributed by atoms with Crippen molar-refractivity contribution in [1.29, 1.82) is 0 Å². The highest BCUT2D eigenvalue weighted by molar-refractivity contribution is 5.76. The predicted molar refractivity (Wildman–Crippen MR) is 103 cm³/mol. The second-order valence-corrected chi connectivity index (χ2v) is 7.05. The predicted octanol–water partition coefficient (Wildman–Crippen LogP) is 3.20. The Balaban J connectivity index is 1.49. The van der Waals surface area contributed by atoms with Crippen LogP contribution in [0.5, 0.6) is 5.88 Å². The van der Waals surface area contributed by atoms with Gasteiger partial charge in [-0.25, -0.2) is 0 Å². The molecule has 140 valence electrons. The number of aromatic nitrogens is 3. The highest BCUT2D eigenvalue weighted by atomic mass is 16.5. The maximum absolute atomic E-state index is 11.3. The molecular formula is C20H23N5O2. The number of nitrogens with zero attached hydrogens (tertiary/aromatic N) is 3. The molecule has 3 aromatic rings. The zero-order valence-electron chi connectivity index (χ0n) is 15.3. The molecule has 0 unspecified atom stereocenters. The second-order valence-electron chi connectivity index (χ2n) is 7.05. The first-order valence-corrected chi connectivity index (χ1v) is 9.24. The zero-order chi connectivity index (χ0) is 18.8. The summed E-state index contributed by atoms with van der Waals surface area (Å²) in [6.07, 6.45) is 3.23. The van der Waals surface area contributed by atoms with E-state index < -0.39 is 0 Å². The molecule has 1 aliphatic rings. The van der Waals surface area contributed by atoms with Gasteiger partial charge in [0, 0.05) is 17.7 Å². The van der Waals surface area contributed by atoms with Crippen LogP contribution < -0.4 is 15.8 Å². The summed E-state index contributed by atoms with van der Waals surface area (Å²) < 4.78 is 7.86. The number of nitrogens with one attached hydrogen (secondary N) is 1. The van der Waals surface area contributed by atoms with Crippen LogP contribution >= 0.6 is 0 Å². The number of rotatable bonds is 5. The smallest absolute Gasteiger partial charge is 0.247 e. The molecule has 2 heterocycles. The van der Waals surface area contributed by atoms with Crippen LogP contribution in [0.25, 0.3) is 5.65 Å². The molecule has 2 aromatic heterocycles. The lowest BCUT2D eigenvalue weighted by Crippen LogP contribution is -2.31. The lowest BCUT2D eigenvalue weighted by atomic mass is 9.87. The Hall–Kier alpha value is -3.09. The number of anilines is 2. The van der Waals surface area contributed by atoms with Crippen LogP contribution in [-0.4, -0.2) is 26.6 Å². The summed E-state index contributed by atoms with van der Waals surface area (Å²) >= 11 is 0. The Morgan fingerprint density at radius 2 is 1.89 bits per heavy atom. The average Bonchev–Trinajstić information content (AvgIpc) is 3.08. The van der Waals surface area contributed by atoms with Crippen molar-refractivity contribution in [3.8, 4) is 5.88 Å². The van der Waals surface area contributed by atoms with E-state index in [1.807, 2.05) is 49.4 Å². The summed E-state index contributed by atoms with van der Waals surface area (Å²) in [7, 11) is 0. The van der Waals surface area contributed by atoms with Crippen LogP contribution in [0.4, 0.5) is 11.6 Å². The lowest BCUT2D eigenvalue weighted by molar-refractivity contribution is -0.123. The monoisotopic (exact) mass is 365 g/mol. The highest BCUT2D eigenvalue weighted by Crippen LogP contribution is 2.28. The van der Waals surface area contributed by atoms with Gasteiger partial charge in [-0.2, -0.15) is 9.50 Å². The third-order valence-electron chi connectivity index (χ3n) is 5.00. The molecular weight excluding hydrogens is 342 g/mol. The van der Waals surface area contributed by atoms with Gasteiger partial charge in [-0.05, 0) is 50.8 Å². The zero-order valence-corrected chi connectivity index (χ0v) is 15.3. The van der Waals surface area contributed by atoms with Gasteiger partial charge in [0.05, 0.1) is 0 Å². The van der Waals surface area contributed by atoms with Crippen molar-refractivity contribution in [2.75, 3.05) is 5.32 Å². The third kappa shape index (κ3) is 3.86. The maximum atomic E-state index is 11.3. The molecule has 1 saturated carbocycles. The van der Waals surface area contributed by atoms with E-state index >= 15 is 0 Å². The van der Waals surface area contributed by atoms with Gasteiger partial charge >= 0.3 is 0 Å². The van der Waals surface area contributed by atoms with E-state index in [1.54, 1.807) is 4.52 Å². The summed E-state index contributed by atoms with van der Waals surface area (Å²) in [6.45, 7) is 2.05. The van der Waals surface area contributed by atoms with Crippen LogP contribution in [0.3, 0.4) is 0 Å². The van der Waals surface area contributed by atoms with Crippen molar-refractivity contribution >= 4 is 23.2 Å². The first-order chi connectivity index (χ1) is 13.1. The van der Waals surface area contributed by atoms with Crippen molar-refractivity contribution in [3.63, 3.8) is 0 Å². The third-order valence-corrected chi connectivity index (χ3v) is 5.00. The standard InChI is InChI=1S/C20H23N5O2/c1-13-5-9-15(10-6-13)22-20-23-17-3-2-4-18(25(17)24-20)27-16-11-7-14(8-12-16)19(21)26/h2-6,9-10,14,16H,7-8,11-12H2,1H3,(H2,21,26)(H,22,24). The molecule has 0 saturated heterocycles. The van der Waals surface area contributed by atoms with Gasteiger partial charge in [0.2, 0.25) is 17.7 Å². The van der Waals surface area contributed by atoms with Crippen LogP contribution in [-0.2, 0) is 4.79 Å². The van der Waals surface area contributed by atoms with Gasteiger partial charge in [-0.3, -0.25) is 4.79 Å². The van der Waals surface area contributed by atoms with E-state index in [-0.39, 0.29) is 17.9 Å². The van der Waals surface area contributed by atoms with Gasteiger partial charge in [0.25, 0.3) is 0 Å². The van der Waals surface area contributed by atoms with Crippen molar-refractivity contribution < 1.29 is 9.53 Å². The van der Waals surface area contributed by atoms with Crippen molar-refractivity contribution in [3.05, 3.63) is 48.0 Å². The van der Waals surface area contributed by atoms with Gasteiger partial charge in [0.15, 0.2) is 5.65 Å². The highest BCUT2D eigenvalue weighted by Gasteiger charge is 2.26. The summed E-state index contributed by atoms with van der Waals surface area (Å²) in [4.78, 5) is 15.8. The number of carbonyl (C=O) groups is 1. The van der Waals surface area contributed by atoms with Gasteiger partial charge in [0.1, 0.15) is 6.10 Å². The Kier molecular flexibility index (Phi) is 4.66. The largest absolute Gasteiger partial charge is 0.474 e. The fourth-order valence-corrected chi connectivity index (χ4v) is 3.43. The van der Waals surface area contributed by atoms with E-state index in [0.717, 1.165) is 31.4 Å². The number of aryl methyl sites for hydroxylation is 1. The molecule has 0 atom stereocenters. The van der Waals surface area contributed by atoms with E-state index in [0.29, 0.717) is 17.5 Å². The van der Waals surface area contributed by atoms with Gasteiger partial charge in [-0.15, -0.1) is 5.10 Å². The van der Waals surface area contributed by atoms with E-state index in [9.17, 15) is 4.79 Å². The number of fused-ring (bicyclic) bond motifs is 1. The molecule has 7 nitrogen and oxygen atoms in total. The molecule has 0 spiro atoms. The van der Waals surface area contributed by atoms with Crippen LogP contribution in [0, 0.1) is 12.8 Å². The minimum Gasteiger partial charge on any atom is -0.474 e. The van der Waals surface area contributed by atoms with Crippen LogP contribution in [0.1, 0.15) is 31.2 Å². The molecule has 1 amide bonds. The van der Waals surface area contributed by atoms with E-state index in [1.165, 1.54) is 5.56 Å². The first-order valence-electron chi connectivity index (χ1n) is 9.24. The van der Waals surface area contributed by atoms with Crippen molar-refractivity contribution in [2.24, 2.45) is 11.7 Å². The Labute approximate surface area is 157 Å². The number of ether oxygens (including phenoxy) is 1. The topological polar surface area (TPSA) is 94.5 Å². The normalized spacial score (nSPS) is 19.7. The fraction of sp³-hybridized carbons (Fsp3) is 0.350. The quantitative estimate of drug-likeness (QED) is 0.724. The molecule has 1 aromatic carbocycles. The molecule has 4 rings (SSSR count). The Bertz CT molecular complexity index is 943. The molecule has 0 radical (unpaired) electrons. The maximum Gasteiger partial charge on any atom is 0.247 e. The fourth-order valence-electron chi connectivity index (χ4n) is 3.43. The first kappa shape index (κ1) is 17.3. The average molecular weight is 365 g/mol. The molecule has 1 aliphatic carbocycles. The number of amides is 1. The van der Waals surface area contributed by atoms with Gasteiger partial charge in [-0.1, -0.05) is 23.8 Å². The van der Waals surface area contributed by atoms with Gasteiger partial charge < -0.3 is 15.8 Å². The number of hydrogen-bond donors (Lipinski definition) is 2. The van der Waals surface area contributed by atoms with Crippen LogP contribution in [0.15, 0.2) is 42.5 Å². The Morgan fingerprint density at radius 1 is 1.15 bits per heavy atom. The Morgan fingerprint density at radius 3 is 2.59 bits per heavy atom. The summed E-state index contributed by atoms with van der Waals surface area (Å²) in [5.74, 6) is 0.933. The summed E-state index contributed by atoms with van der Waals surface area (Å²) in [5.41, 5.74) is 8.25. The van der Waals surface area contributed by atoms with E-state index in [2.05, 4.69) is 15.4 Å². The number of pyridine rings is 1. The lowest BCUT2D eigenvalue weighted by Gasteiger charge is -2.27. The van der Waals surface area contributed by atoms with Crippen molar-refractivity contribution in [2.45, 2.75) is 38.7 Å². The molecule has 7 heteroatoms. The number of carbonyl (C=O) groups excluding carboxylic acids is 1. The number of nitrogens with two attached hydrogens (primary N) is 1. The van der Waals surface area contributed by atoms with Crippen LogP contribution in [0.2, 0.25) is 0 Å². The molecule has 27 heavy (non-hydrogen) atoms. The molecule has 1 fully saturated rings.